The third kappa shape index (κ3) is 5.84. The van der Waals surface area contributed by atoms with Gasteiger partial charge in [-0.25, -0.2) is 19.6 Å². The zero-order chi connectivity index (χ0) is 17.7. The zero-order valence-electron chi connectivity index (χ0n) is 14.0. The Labute approximate surface area is 145 Å². The highest BCUT2D eigenvalue weighted by Gasteiger charge is 2.26. The molecule has 8 nitrogen and oxygen atoms in total. The van der Waals surface area contributed by atoms with Crippen LogP contribution >= 0.6 is 11.6 Å². The number of hydrogen-bond donors (Lipinski definition) is 2. The van der Waals surface area contributed by atoms with Crippen LogP contribution in [0.2, 0.25) is 5.28 Å². The number of halogens is 1. The summed E-state index contributed by atoms with van der Waals surface area (Å²) >= 11 is 5.70. The van der Waals surface area contributed by atoms with Gasteiger partial charge in [0.15, 0.2) is 0 Å². The van der Waals surface area contributed by atoms with Crippen molar-refractivity contribution in [2.75, 3.05) is 18.4 Å². The number of alkyl carbamates (subject to hydrolysis) is 1. The molecule has 0 radical (unpaired) electrons. The highest BCUT2D eigenvalue weighted by atomic mass is 35.5. The molecule has 3 amide bonds. The van der Waals surface area contributed by atoms with E-state index in [0.29, 0.717) is 18.9 Å². The summed E-state index contributed by atoms with van der Waals surface area (Å²) in [6, 6.07) is 1.12. The Morgan fingerprint density at radius 3 is 2.83 bits per heavy atom. The molecule has 0 bridgehead atoms. The number of nitrogens with one attached hydrogen (secondary N) is 2. The molecule has 132 valence electrons. The number of rotatable bonds is 2. The molecule has 24 heavy (non-hydrogen) atoms. The van der Waals surface area contributed by atoms with E-state index in [0.717, 1.165) is 12.8 Å². The minimum absolute atomic E-state index is 0.0657. The molecular formula is C15H22ClN5O3. The van der Waals surface area contributed by atoms with Crippen molar-refractivity contribution in [2.45, 2.75) is 45.3 Å². The minimum atomic E-state index is -0.553. The van der Waals surface area contributed by atoms with Crippen LogP contribution in [0.4, 0.5) is 15.4 Å². The van der Waals surface area contributed by atoms with E-state index < -0.39 is 11.7 Å². The summed E-state index contributed by atoms with van der Waals surface area (Å²) in [7, 11) is 0. The van der Waals surface area contributed by atoms with Gasteiger partial charge in [-0.3, -0.25) is 5.32 Å². The van der Waals surface area contributed by atoms with Crippen LogP contribution in [0.5, 0.6) is 0 Å². The topological polar surface area (TPSA) is 96.5 Å². The van der Waals surface area contributed by atoms with Gasteiger partial charge in [-0.05, 0) is 51.3 Å². The molecule has 0 spiro atoms. The summed E-state index contributed by atoms with van der Waals surface area (Å²) in [4.78, 5) is 33.5. The second-order valence-corrected chi connectivity index (χ2v) is 6.91. The molecule has 1 aliphatic heterocycles. The van der Waals surface area contributed by atoms with Crippen LogP contribution in [-0.4, -0.2) is 51.7 Å². The summed E-state index contributed by atoms with van der Waals surface area (Å²) in [6.07, 6.45) is 2.58. The third-order valence-corrected chi connectivity index (χ3v) is 3.47. The van der Waals surface area contributed by atoms with Gasteiger partial charge in [0, 0.05) is 25.3 Å². The molecule has 2 N–H and O–H groups in total. The number of nitrogens with zero attached hydrogens (tertiary/aromatic N) is 3. The summed E-state index contributed by atoms with van der Waals surface area (Å²) in [5.74, 6) is 0.335. The number of ether oxygens (including phenoxy) is 1. The van der Waals surface area contributed by atoms with Gasteiger partial charge in [0.2, 0.25) is 5.28 Å². The maximum atomic E-state index is 12.3. The highest BCUT2D eigenvalue weighted by molar-refractivity contribution is 6.28. The fourth-order valence-electron chi connectivity index (χ4n) is 2.35. The largest absolute Gasteiger partial charge is 0.444 e. The number of carbonyl (C=O) groups excluding carboxylic acids is 2. The molecule has 0 aromatic carbocycles. The summed E-state index contributed by atoms with van der Waals surface area (Å²) in [6.45, 7) is 6.43. The smallest absolute Gasteiger partial charge is 0.407 e. The number of anilines is 1. The first kappa shape index (κ1) is 18.3. The number of likely N-dealkylation sites (tertiary alicyclic amines) is 1. The average molecular weight is 356 g/mol. The lowest BCUT2D eigenvalue weighted by atomic mass is 10.1. The first-order valence-corrected chi connectivity index (χ1v) is 8.15. The predicted octanol–water partition coefficient (Wildman–Crippen LogP) is 2.65. The van der Waals surface area contributed by atoms with Crippen molar-refractivity contribution < 1.29 is 14.3 Å². The maximum absolute atomic E-state index is 12.3. The number of aromatic nitrogens is 2. The van der Waals surface area contributed by atoms with Crippen molar-refractivity contribution in [2.24, 2.45) is 0 Å². The second kappa shape index (κ2) is 7.65. The molecule has 0 saturated carbocycles. The van der Waals surface area contributed by atoms with Gasteiger partial charge in [-0.2, -0.15) is 0 Å². The predicted molar refractivity (Wildman–Crippen MR) is 90.0 cm³/mol. The Morgan fingerprint density at radius 1 is 1.42 bits per heavy atom. The van der Waals surface area contributed by atoms with Crippen molar-refractivity contribution in [1.82, 2.24) is 20.2 Å². The van der Waals surface area contributed by atoms with Crippen molar-refractivity contribution in [1.29, 1.82) is 0 Å². The van der Waals surface area contributed by atoms with Gasteiger partial charge in [-0.1, -0.05) is 0 Å². The molecule has 1 saturated heterocycles. The lowest BCUT2D eigenvalue weighted by molar-refractivity contribution is 0.0480. The molecule has 1 atom stereocenters. The Balaban J connectivity index is 1.88. The molecule has 1 aromatic heterocycles. The van der Waals surface area contributed by atoms with E-state index in [-0.39, 0.29) is 17.4 Å². The van der Waals surface area contributed by atoms with E-state index in [1.165, 1.54) is 6.20 Å². The maximum Gasteiger partial charge on any atom is 0.407 e. The Kier molecular flexibility index (Phi) is 5.82. The molecule has 9 heteroatoms. The van der Waals surface area contributed by atoms with E-state index >= 15 is 0 Å². The Morgan fingerprint density at radius 2 is 2.17 bits per heavy atom. The van der Waals surface area contributed by atoms with Gasteiger partial charge in [0.1, 0.15) is 11.4 Å². The van der Waals surface area contributed by atoms with Gasteiger partial charge in [-0.15, -0.1) is 0 Å². The SMILES string of the molecule is CC(C)(C)OC(=O)NC1CCCN(C(=O)Nc2ccnc(Cl)n2)C1. The normalized spacial score (nSPS) is 18.0. The molecule has 1 aliphatic rings. The standard InChI is InChI=1S/C15H22ClN5O3/c1-15(2,3)24-14(23)18-10-5-4-8-21(9-10)13(22)20-11-6-7-17-12(16)19-11/h6-7,10H,4-5,8-9H2,1-3H3,(H,18,23)(H,17,19,20,22). The number of amides is 3. The van der Waals surface area contributed by atoms with E-state index in [4.69, 9.17) is 16.3 Å². The zero-order valence-corrected chi connectivity index (χ0v) is 14.8. The van der Waals surface area contributed by atoms with Crippen LogP contribution in [-0.2, 0) is 4.74 Å². The molecule has 1 unspecified atom stereocenters. The molecular weight excluding hydrogens is 334 g/mol. The number of carbonyl (C=O) groups is 2. The molecule has 2 rings (SSSR count). The van der Waals surface area contributed by atoms with E-state index in [9.17, 15) is 9.59 Å². The molecule has 1 fully saturated rings. The fraction of sp³-hybridized carbons (Fsp3) is 0.600. The van der Waals surface area contributed by atoms with Crippen LogP contribution in [0.3, 0.4) is 0 Å². The van der Waals surface area contributed by atoms with Gasteiger partial charge in [0.25, 0.3) is 0 Å². The number of urea groups is 1. The lowest BCUT2D eigenvalue weighted by Gasteiger charge is -2.33. The van der Waals surface area contributed by atoms with Crippen molar-refractivity contribution in [3.8, 4) is 0 Å². The van der Waals surface area contributed by atoms with Gasteiger partial charge < -0.3 is 15.0 Å². The highest BCUT2D eigenvalue weighted by Crippen LogP contribution is 2.14. The van der Waals surface area contributed by atoms with E-state index in [2.05, 4.69) is 20.6 Å². The van der Waals surface area contributed by atoms with Crippen LogP contribution in [0.1, 0.15) is 33.6 Å². The molecule has 1 aromatic rings. The summed E-state index contributed by atoms with van der Waals surface area (Å²) < 4.78 is 5.24. The molecule has 2 heterocycles. The van der Waals surface area contributed by atoms with Crippen LogP contribution < -0.4 is 10.6 Å². The van der Waals surface area contributed by atoms with Crippen molar-refractivity contribution in [3.05, 3.63) is 17.5 Å². The summed E-state index contributed by atoms with van der Waals surface area (Å²) in [5, 5.41) is 5.54. The van der Waals surface area contributed by atoms with Gasteiger partial charge >= 0.3 is 12.1 Å². The van der Waals surface area contributed by atoms with Crippen molar-refractivity contribution >= 4 is 29.5 Å². The number of hydrogen-bond acceptors (Lipinski definition) is 5. The number of piperidine rings is 1. The second-order valence-electron chi connectivity index (χ2n) is 6.57. The van der Waals surface area contributed by atoms with Gasteiger partial charge in [0.05, 0.1) is 0 Å². The van der Waals surface area contributed by atoms with Crippen LogP contribution in [0.15, 0.2) is 12.3 Å². The Bertz CT molecular complexity index is 605. The quantitative estimate of drug-likeness (QED) is 0.795. The summed E-state index contributed by atoms with van der Waals surface area (Å²) in [5.41, 5.74) is -0.553. The minimum Gasteiger partial charge on any atom is -0.444 e. The monoisotopic (exact) mass is 355 g/mol. The first-order chi connectivity index (χ1) is 11.2. The Hall–Kier alpha value is -2.09. The average Bonchev–Trinajstić information content (AvgIpc) is 2.45. The van der Waals surface area contributed by atoms with Crippen LogP contribution in [0.25, 0.3) is 0 Å². The van der Waals surface area contributed by atoms with Crippen molar-refractivity contribution in [3.63, 3.8) is 0 Å². The van der Waals surface area contributed by atoms with Crippen LogP contribution in [0, 0.1) is 0 Å². The lowest BCUT2D eigenvalue weighted by Crippen LogP contribution is -2.51. The third-order valence-electron chi connectivity index (χ3n) is 3.29. The van der Waals surface area contributed by atoms with E-state index in [1.54, 1.807) is 31.7 Å². The first-order valence-electron chi connectivity index (χ1n) is 7.77. The fourth-order valence-corrected chi connectivity index (χ4v) is 2.49. The van der Waals surface area contributed by atoms with E-state index in [1.807, 2.05) is 0 Å². The molecule has 0 aliphatic carbocycles.